The summed E-state index contributed by atoms with van der Waals surface area (Å²) in [5.74, 6) is 0. The van der Waals surface area contributed by atoms with Gasteiger partial charge >= 0.3 is 0 Å². The van der Waals surface area contributed by atoms with E-state index in [0.717, 1.165) is 12.1 Å². The first-order valence-electron chi connectivity index (χ1n) is 7.91. The smallest absolute Gasteiger partial charge is 0.0224 e. The van der Waals surface area contributed by atoms with Crippen LogP contribution >= 0.6 is 0 Å². The Morgan fingerprint density at radius 1 is 1.33 bits per heavy atom. The summed E-state index contributed by atoms with van der Waals surface area (Å²) in [6.07, 6.45) is 5.56. The van der Waals surface area contributed by atoms with Crippen molar-refractivity contribution in [2.45, 2.75) is 51.6 Å². The predicted molar refractivity (Wildman–Crippen MR) is 75.8 cm³/mol. The molecule has 3 aliphatic heterocycles. The van der Waals surface area contributed by atoms with Crippen molar-refractivity contribution in [2.75, 3.05) is 39.3 Å². The Morgan fingerprint density at radius 3 is 2.94 bits per heavy atom. The molecule has 0 aromatic rings. The average molecular weight is 251 g/mol. The third-order valence-corrected chi connectivity index (χ3v) is 5.69. The summed E-state index contributed by atoms with van der Waals surface area (Å²) in [5.41, 5.74) is 0.565. The lowest BCUT2D eigenvalue weighted by Gasteiger charge is -2.45. The van der Waals surface area contributed by atoms with Gasteiger partial charge in [-0.15, -0.1) is 0 Å². The molecule has 3 unspecified atom stereocenters. The van der Waals surface area contributed by atoms with Gasteiger partial charge in [0.05, 0.1) is 0 Å². The quantitative estimate of drug-likeness (QED) is 0.821. The molecule has 3 aliphatic rings. The number of hydrogen-bond acceptors (Lipinski definition) is 3. The SMILES string of the molecule is CCC1(CN2CC3CCCN3CC2C)CCNC1. The van der Waals surface area contributed by atoms with Crippen molar-refractivity contribution < 1.29 is 0 Å². The fourth-order valence-corrected chi connectivity index (χ4v) is 4.24. The van der Waals surface area contributed by atoms with Gasteiger partial charge in [0.2, 0.25) is 0 Å². The van der Waals surface area contributed by atoms with E-state index in [4.69, 9.17) is 0 Å². The predicted octanol–water partition coefficient (Wildman–Crippen LogP) is 1.54. The molecular formula is C15H29N3. The van der Waals surface area contributed by atoms with Crippen LogP contribution in [0.5, 0.6) is 0 Å². The molecule has 0 aromatic heterocycles. The number of rotatable bonds is 3. The number of fused-ring (bicyclic) bond motifs is 1. The molecule has 18 heavy (non-hydrogen) atoms. The summed E-state index contributed by atoms with van der Waals surface area (Å²) in [5, 5.41) is 3.58. The number of hydrogen-bond donors (Lipinski definition) is 1. The largest absolute Gasteiger partial charge is 0.316 e. The lowest BCUT2D eigenvalue weighted by atomic mass is 9.83. The van der Waals surface area contributed by atoms with Crippen LogP contribution < -0.4 is 5.32 Å². The van der Waals surface area contributed by atoms with Crippen LogP contribution in [0.25, 0.3) is 0 Å². The van der Waals surface area contributed by atoms with Gasteiger partial charge in [-0.05, 0) is 51.1 Å². The molecule has 3 rings (SSSR count). The highest BCUT2D eigenvalue weighted by molar-refractivity contribution is 4.95. The van der Waals surface area contributed by atoms with E-state index in [2.05, 4.69) is 29.0 Å². The number of piperazine rings is 1. The molecule has 0 aromatic carbocycles. The monoisotopic (exact) mass is 251 g/mol. The fraction of sp³-hybridized carbons (Fsp3) is 1.00. The van der Waals surface area contributed by atoms with Crippen LogP contribution in [0.15, 0.2) is 0 Å². The maximum atomic E-state index is 3.58. The van der Waals surface area contributed by atoms with Crippen LogP contribution in [0.4, 0.5) is 0 Å². The van der Waals surface area contributed by atoms with E-state index < -0.39 is 0 Å². The Labute approximate surface area is 112 Å². The van der Waals surface area contributed by atoms with Crippen molar-refractivity contribution in [3.8, 4) is 0 Å². The van der Waals surface area contributed by atoms with Gasteiger partial charge in [0.1, 0.15) is 0 Å². The molecule has 3 heteroatoms. The van der Waals surface area contributed by atoms with E-state index >= 15 is 0 Å². The summed E-state index contributed by atoms with van der Waals surface area (Å²) in [4.78, 5) is 5.52. The number of nitrogens with one attached hydrogen (secondary N) is 1. The maximum Gasteiger partial charge on any atom is 0.0224 e. The van der Waals surface area contributed by atoms with Crippen LogP contribution in [0.1, 0.15) is 39.5 Å². The van der Waals surface area contributed by atoms with Crippen molar-refractivity contribution in [3.63, 3.8) is 0 Å². The minimum Gasteiger partial charge on any atom is -0.316 e. The molecule has 0 radical (unpaired) electrons. The van der Waals surface area contributed by atoms with Crippen LogP contribution in [0, 0.1) is 5.41 Å². The zero-order valence-corrected chi connectivity index (χ0v) is 12.1. The molecule has 3 atom stereocenters. The third-order valence-electron chi connectivity index (χ3n) is 5.69. The van der Waals surface area contributed by atoms with Gasteiger partial charge in [-0.1, -0.05) is 6.92 Å². The zero-order chi connectivity index (χ0) is 12.6. The Kier molecular flexibility index (Phi) is 3.65. The Balaban J connectivity index is 1.64. The number of nitrogens with zero attached hydrogens (tertiary/aromatic N) is 2. The van der Waals surface area contributed by atoms with Crippen LogP contribution in [0.3, 0.4) is 0 Å². The highest BCUT2D eigenvalue weighted by Gasteiger charge is 2.39. The molecule has 3 fully saturated rings. The Hall–Kier alpha value is -0.120. The van der Waals surface area contributed by atoms with Gasteiger partial charge in [-0.2, -0.15) is 0 Å². The summed E-state index contributed by atoms with van der Waals surface area (Å²) in [6.45, 7) is 12.6. The fourth-order valence-electron chi connectivity index (χ4n) is 4.24. The Morgan fingerprint density at radius 2 is 2.22 bits per heavy atom. The van der Waals surface area contributed by atoms with Crippen LogP contribution in [-0.4, -0.2) is 61.2 Å². The van der Waals surface area contributed by atoms with Gasteiger partial charge in [0.15, 0.2) is 0 Å². The van der Waals surface area contributed by atoms with Crippen LogP contribution in [0.2, 0.25) is 0 Å². The molecule has 0 amide bonds. The highest BCUT2D eigenvalue weighted by atomic mass is 15.3. The Bertz CT molecular complexity index is 285. The summed E-state index contributed by atoms with van der Waals surface area (Å²) < 4.78 is 0. The zero-order valence-electron chi connectivity index (χ0n) is 12.1. The molecular weight excluding hydrogens is 222 g/mol. The van der Waals surface area contributed by atoms with E-state index in [-0.39, 0.29) is 0 Å². The second-order valence-corrected chi connectivity index (χ2v) is 6.85. The van der Waals surface area contributed by atoms with E-state index in [0.29, 0.717) is 5.41 Å². The maximum absolute atomic E-state index is 3.58. The molecule has 0 aliphatic carbocycles. The van der Waals surface area contributed by atoms with Gasteiger partial charge in [-0.25, -0.2) is 0 Å². The lowest BCUT2D eigenvalue weighted by molar-refractivity contribution is 0.0287. The van der Waals surface area contributed by atoms with Gasteiger partial charge in [-0.3, -0.25) is 9.80 Å². The molecule has 0 bridgehead atoms. The van der Waals surface area contributed by atoms with Crippen molar-refractivity contribution in [1.29, 1.82) is 0 Å². The molecule has 104 valence electrons. The molecule has 3 nitrogen and oxygen atoms in total. The standard InChI is InChI=1S/C15H29N3/c1-3-15(6-7-16-11-15)12-18-10-14-5-4-8-17(14)9-13(18)2/h13-14,16H,3-12H2,1-2H3. The van der Waals surface area contributed by atoms with Crippen LogP contribution in [-0.2, 0) is 0 Å². The summed E-state index contributed by atoms with van der Waals surface area (Å²) >= 11 is 0. The van der Waals surface area contributed by atoms with Crippen molar-refractivity contribution >= 4 is 0 Å². The van der Waals surface area contributed by atoms with Crippen molar-refractivity contribution in [3.05, 3.63) is 0 Å². The summed E-state index contributed by atoms with van der Waals surface area (Å²) in [6, 6.07) is 1.62. The van der Waals surface area contributed by atoms with Gasteiger partial charge < -0.3 is 5.32 Å². The second kappa shape index (κ2) is 5.10. The normalized spacial score (nSPS) is 42.3. The molecule has 3 heterocycles. The third kappa shape index (κ3) is 2.33. The first kappa shape index (κ1) is 12.9. The second-order valence-electron chi connectivity index (χ2n) is 6.85. The first-order chi connectivity index (χ1) is 8.72. The topological polar surface area (TPSA) is 18.5 Å². The average Bonchev–Trinajstić information content (AvgIpc) is 2.99. The van der Waals surface area contributed by atoms with E-state index in [1.54, 1.807) is 0 Å². The highest BCUT2D eigenvalue weighted by Crippen LogP contribution is 2.33. The van der Waals surface area contributed by atoms with E-state index in [9.17, 15) is 0 Å². The lowest BCUT2D eigenvalue weighted by Crippen LogP contribution is -2.57. The molecule has 0 spiro atoms. The summed E-state index contributed by atoms with van der Waals surface area (Å²) in [7, 11) is 0. The van der Waals surface area contributed by atoms with E-state index in [1.165, 1.54) is 65.0 Å². The van der Waals surface area contributed by atoms with Crippen molar-refractivity contribution in [1.82, 2.24) is 15.1 Å². The molecule has 1 N–H and O–H groups in total. The minimum absolute atomic E-state index is 0.565. The van der Waals surface area contributed by atoms with Crippen molar-refractivity contribution in [2.24, 2.45) is 5.41 Å². The molecule has 0 saturated carbocycles. The van der Waals surface area contributed by atoms with E-state index in [1.807, 2.05) is 0 Å². The first-order valence-corrected chi connectivity index (χ1v) is 7.91. The molecule has 3 saturated heterocycles. The van der Waals surface area contributed by atoms with Gasteiger partial charge in [0.25, 0.3) is 0 Å². The van der Waals surface area contributed by atoms with Gasteiger partial charge in [0, 0.05) is 38.3 Å². The minimum atomic E-state index is 0.565.